The van der Waals surface area contributed by atoms with Gasteiger partial charge in [0.2, 0.25) is 0 Å². The van der Waals surface area contributed by atoms with Crippen molar-refractivity contribution < 1.29 is 8.78 Å². The Morgan fingerprint density at radius 1 is 1.04 bits per heavy atom. The maximum atomic E-state index is 13.8. The molecule has 0 radical (unpaired) electrons. The van der Waals surface area contributed by atoms with Gasteiger partial charge >= 0.3 is 0 Å². The second-order valence-electron chi connectivity index (χ2n) is 5.72. The molecular weight excluding hydrogens is 358 g/mol. The highest BCUT2D eigenvalue weighted by Crippen LogP contribution is 2.25. The quantitative estimate of drug-likeness (QED) is 0.511. The summed E-state index contributed by atoms with van der Waals surface area (Å²) in [4.78, 5) is 13.3. The summed E-state index contributed by atoms with van der Waals surface area (Å²) in [5.41, 5.74) is 1.80. The van der Waals surface area contributed by atoms with Crippen LogP contribution in [0.15, 0.2) is 48.7 Å². The van der Waals surface area contributed by atoms with Gasteiger partial charge in [-0.25, -0.2) is 23.7 Å². The molecular formula is C19H13ClF2N4. The predicted molar refractivity (Wildman–Crippen MR) is 96.4 cm³/mol. The number of nitrogens with zero attached hydrogens (tertiary/aromatic N) is 4. The lowest BCUT2D eigenvalue weighted by molar-refractivity contribution is 0.628. The van der Waals surface area contributed by atoms with Crippen LogP contribution in [-0.2, 0) is 6.42 Å². The molecule has 4 rings (SSSR count). The van der Waals surface area contributed by atoms with Gasteiger partial charge in [-0.2, -0.15) is 0 Å². The van der Waals surface area contributed by atoms with Crippen molar-refractivity contribution in [3.05, 3.63) is 71.1 Å². The lowest BCUT2D eigenvalue weighted by Crippen LogP contribution is -2.04. The highest BCUT2D eigenvalue weighted by atomic mass is 35.5. The van der Waals surface area contributed by atoms with Gasteiger partial charge < -0.3 is 0 Å². The van der Waals surface area contributed by atoms with E-state index in [0.717, 1.165) is 5.82 Å². The molecule has 0 bridgehead atoms. The van der Waals surface area contributed by atoms with Gasteiger partial charge in [0.25, 0.3) is 0 Å². The summed E-state index contributed by atoms with van der Waals surface area (Å²) in [6.45, 7) is 1.96. The second-order valence-corrected chi connectivity index (χ2v) is 6.12. The van der Waals surface area contributed by atoms with Crippen LogP contribution >= 0.6 is 11.6 Å². The molecule has 2 aromatic heterocycles. The summed E-state index contributed by atoms with van der Waals surface area (Å²) >= 11 is 5.74. The van der Waals surface area contributed by atoms with Gasteiger partial charge in [0.1, 0.15) is 23.3 Å². The number of imidazole rings is 1. The molecule has 7 heteroatoms. The maximum absolute atomic E-state index is 13.8. The van der Waals surface area contributed by atoms with Gasteiger partial charge in [-0.05, 0) is 36.4 Å². The van der Waals surface area contributed by atoms with Crippen LogP contribution in [0.1, 0.15) is 12.7 Å². The Bertz CT molecular complexity index is 1120. The Balaban J connectivity index is 1.90. The summed E-state index contributed by atoms with van der Waals surface area (Å²) < 4.78 is 29.3. The van der Waals surface area contributed by atoms with Crippen LogP contribution in [0.5, 0.6) is 0 Å². The first-order valence-corrected chi connectivity index (χ1v) is 8.40. The van der Waals surface area contributed by atoms with E-state index in [0.29, 0.717) is 34.7 Å². The van der Waals surface area contributed by atoms with E-state index in [9.17, 15) is 8.78 Å². The number of halogens is 3. The molecule has 0 saturated heterocycles. The number of rotatable bonds is 3. The van der Waals surface area contributed by atoms with Crippen molar-refractivity contribution in [1.82, 2.24) is 19.5 Å². The molecule has 0 unspecified atom stereocenters. The minimum atomic E-state index is -0.539. The minimum absolute atomic E-state index is 0.0363. The third-order valence-corrected chi connectivity index (χ3v) is 4.36. The first kappa shape index (κ1) is 16.6. The summed E-state index contributed by atoms with van der Waals surface area (Å²) in [5, 5.41) is 0.0363. The van der Waals surface area contributed by atoms with Crippen molar-refractivity contribution in [2.75, 3.05) is 0 Å². The van der Waals surface area contributed by atoms with Crippen molar-refractivity contribution in [2.24, 2.45) is 0 Å². The lowest BCUT2D eigenvalue weighted by Gasteiger charge is -2.09. The van der Waals surface area contributed by atoms with Gasteiger partial charge in [-0.1, -0.05) is 18.5 Å². The third kappa shape index (κ3) is 2.82. The Morgan fingerprint density at radius 2 is 1.88 bits per heavy atom. The Labute approximate surface area is 153 Å². The van der Waals surface area contributed by atoms with Crippen LogP contribution in [0.4, 0.5) is 8.78 Å². The van der Waals surface area contributed by atoms with Crippen LogP contribution < -0.4 is 0 Å². The summed E-state index contributed by atoms with van der Waals surface area (Å²) in [7, 11) is 0. The molecule has 4 aromatic rings. The number of benzene rings is 2. The van der Waals surface area contributed by atoms with Crippen molar-refractivity contribution >= 4 is 22.6 Å². The molecule has 0 saturated carbocycles. The average molecular weight is 371 g/mol. The van der Waals surface area contributed by atoms with E-state index in [4.69, 9.17) is 11.6 Å². The van der Waals surface area contributed by atoms with Gasteiger partial charge in [-0.3, -0.25) is 4.57 Å². The number of aryl methyl sites for hydroxylation is 1. The fourth-order valence-electron chi connectivity index (χ4n) is 2.84. The Kier molecular flexibility index (Phi) is 4.12. The molecule has 0 atom stereocenters. The molecule has 0 aliphatic carbocycles. The molecule has 0 aliphatic heterocycles. The third-order valence-electron chi connectivity index (χ3n) is 4.05. The molecule has 26 heavy (non-hydrogen) atoms. The fourth-order valence-corrected chi connectivity index (χ4v) is 2.96. The number of aromatic nitrogens is 4. The fraction of sp³-hybridized carbons (Fsp3) is 0.105. The molecule has 2 heterocycles. The van der Waals surface area contributed by atoms with Crippen LogP contribution in [-0.4, -0.2) is 19.5 Å². The summed E-state index contributed by atoms with van der Waals surface area (Å²) in [6, 6.07) is 10.5. The number of hydrogen-bond acceptors (Lipinski definition) is 3. The molecule has 4 nitrogen and oxygen atoms in total. The number of hydrogen-bond donors (Lipinski definition) is 0. The Morgan fingerprint density at radius 3 is 2.65 bits per heavy atom. The first-order valence-electron chi connectivity index (χ1n) is 8.02. The molecule has 0 amide bonds. The van der Waals surface area contributed by atoms with Gasteiger partial charge in [-0.15, -0.1) is 0 Å². The molecule has 0 spiro atoms. The molecule has 0 aliphatic rings. The molecule has 0 fully saturated rings. The topological polar surface area (TPSA) is 43.6 Å². The molecule has 0 N–H and O–H groups in total. The summed E-state index contributed by atoms with van der Waals surface area (Å²) in [6.07, 6.45) is 2.22. The Hall–Kier alpha value is -2.86. The number of fused-ring (bicyclic) bond motifs is 1. The van der Waals surface area contributed by atoms with Crippen LogP contribution in [0.25, 0.3) is 28.2 Å². The van der Waals surface area contributed by atoms with Crippen molar-refractivity contribution in [3.63, 3.8) is 0 Å². The van der Waals surface area contributed by atoms with Crippen molar-refractivity contribution in [3.8, 4) is 17.2 Å². The van der Waals surface area contributed by atoms with Crippen molar-refractivity contribution in [1.29, 1.82) is 0 Å². The molecule has 130 valence electrons. The SMILES string of the molecule is CCc1nc2ccc(F)cc2n1-c1ccnc(-c2ccc(Cl)c(F)c2)n1. The summed E-state index contributed by atoms with van der Waals surface area (Å²) in [5.74, 6) is 0.740. The zero-order valence-corrected chi connectivity index (χ0v) is 14.5. The van der Waals surface area contributed by atoms with Crippen LogP contribution in [0.2, 0.25) is 5.02 Å². The van der Waals surface area contributed by atoms with E-state index in [2.05, 4.69) is 15.0 Å². The normalized spacial score (nSPS) is 11.2. The largest absolute Gasteiger partial charge is 0.280 e. The monoisotopic (exact) mass is 370 g/mol. The van der Waals surface area contributed by atoms with E-state index >= 15 is 0 Å². The van der Waals surface area contributed by atoms with E-state index in [1.165, 1.54) is 24.3 Å². The van der Waals surface area contributed by atoms with Crippen molar-refractivity contribution in [2.45, 2.75) is 13.3 Å². The lowest BCUT2D eigenvalue weighted by atomic mass is 10.2. The van der Waals surface area contributed by atoms with E-state index < -0.39 is 5.82 Å². The average Bonchev–Trinajstić information content (AvgIpc) is 3.01. The highest BCUT2D eigenvalue weighted by molar-refractivity contribution is 6.30. The van der Waals surface area contributed by atoms with E-state index in [1.807, 2.05) is 6.92 Å². The highest BCUT2D eigenvalue weighted by Gasteiger charge is 2.14. The standard InChI is InChI=1S/C19H13ClF2N4/c1-2-17-24-15-6-4-12(21)10-16(15)26(17)18-7-8-23-19(25-18)11-3-5-13(20)14(22)9-11/h3-10H,2H2,1H3. The zero-order chi connectivity index (χ0) is 18.3. The van der Waals surface area contributed by atoms with E-state index in [-0.39, 0.29) is 10.8 Å². The zero-order valence-electron chi connectivity index (χ0n) is 13.7. The van der Waals surface area contributed by atoms with Crippen LogP contribution in [0.3, 0.4) is 0 Å². The van der Waals surface area contributed by atoms with Gasteiger partial charge in [0.15, 0.2) is 5.82 Å². The molecule has 2 aromatic carbocycles. The minimum Gasteiger partial charge on any atom is -0.280 e. The van der Waals surface area contributed by atoms with Gasteiger partial charge in [0.05, 0.1) is 16.1 Å². The second kappa shape index (κ2) is 6.46. The smallest absolute Gasteiger partial charge is 0.161 e. The predicted octanol–water partition coefficient (Wildman–Crippen LogP) is 4.98. The van der Waals surface area contributed by atoms with E-state index in [1.54, 1.807) is 29.0 Å². The maximum Gasteiger partial charge on any atom is 0.161 e. The van der Waals surface area contributed by atoms with Gasteiger partial charge in [0, 0.05) is 24.2 Å². The van der Waals surface area contributed by atoms with Crippen LogP contribution in [0, 0.1) is 11.6 Å². The first-order chi connectivity index (χ1) is 12.6.